The number of methoxy groups -OCH3 is 1. The molecule has 0 bridgehead atoms. The van der Waals surface area contributed by atoms with E-state index in [0.29, 0.717) is 6.04 Å². The van der Waals surface area contributed by atoms with Crippen LogP contribution < -0.4 is 15.4 Å². The molecule has 1 heterocycles. The molecule has 0 aromatic heterocycles. The minimum atomic E-state index is 0. The molecular formula is C22H37IN4O2. The van der Waals surface area contributed by atoms with E-state index in [1.54, 1.807) is 7.11 Å². The van der Waals surface area contributed by atoms with Crippen LogP contribution >= 0.6 is 24.0 Å². The lowest BCUT2D eigenvalue weighted by Gasteiger charge is -2.29. The summed E-state index contributed by atoms with van der Waals surface area (Å²) in [4.78, 5) is 6.94. The number of guanidine groups is 1. The molecule has 1 atom stereocenters. The van der Waals surface area contributed by atoms with Crippen molar-refractivity contribution in [2.45, 2.75) is 38.1 Å². The summed E-state index contributed by atoms with van der Waals surface area (Å²) in [6.07, 6.45) is 6.25. The molecule has 29 heavy (non-hydrogen) atoms. The van der Waals surface area contributed by atoms with Gasteiger partial charge in [-0.2, -0.15) is 0 Å². The van der Waals surface area contributed by atoms with Crippen molar-refractivity contribution in [1.29, 1.82) is 0 Å². The van der Waals surface area contributed by atoms with Crippen molar-refractivity contribution in [2.24, 2.45) is 10.9 Å². The second-order valence-electron chi connectivity index (χ2n) is 7.78. The largest absolute Gasteiger partial charge is 0.497 e. The van der Waals surface area contributed by atoms with Crippen LogP contribution in [-0.4, -0.2) is 64.4 Å². The Bertz CT molecular complexity index is 601. The Balaban J connectivity index is 0.00000300. The molecule has 3 rings (SSSR count). The third-order valence-corrected chi connectivity index (χ3v) is 5.58. The summed E-state index contributed by atoms with van der Waals surface area (Å²) >= 11 is 0. The highest BCUT2D eigenvalue weighted by molar-refractivity contribution is 14.0. The Morgan fingerprint density at radius 3 is 2.52 bits per heavy atom. The van der Waals surface area contributed by atoms with Crippen LogP contribution in [0.1, 0.15) is 43.7 Å². The lowest BCUT2D eigenvalue weighted by atomic mass is 10.1. The highest BCUT2D eigenvalue weighted by atomic mass is 127. The number of nitrogens with one attached hydrogen (secondary N) is 2. The molecule has 2 N–H and O–H groups in total. The van der Waals surface area contributed by atoms with E-state index < -0.39 is 0 Å². The van der Waals surface area contributed by atoms with Gasteiger partial charge in [0.2, 0.25) is 0 Å². The van der Waals surface area contributed by atoms with Gasteiger partial charge < -0.3 is 20.1 Å². The smallest absolute Gasteiger partial charge is 0.191 e. The van der Waals surface area contributed by atoms with Gasteiger partial charge in [-0.25, -0.2) is 0 Å². The van der Waals surface area contributed by atoms with Crippen LogP contribution in [0.4, 0.5) is 0 Å². The van der Waals surface area contributed by atoms with Gasteiger partial charge in [-0.15, -0.1) is 24.0 Å². The molecule has 1 saturated heterocycles. The summed E-state index contributed by atoms with van der Waals surface area (Å²) in [5.74, 6) is 2.60. The first kappa shape index (κ1) is 24.2. The number of benzene rings is 1. The number of hydrogen-bond acceptors (Lipinski definition) is 4. The Morgan fingerprint density at radius 1 is 1.17 bits per heavy atom. The van der Waals surface area contributed by atoms with Gasteiger partial charge in [-0.05, 0) is 68.8 Å². The zero-order chi connectivity index (χ0) is 19.6. The van der Waals surface area contributed by atoms with Crippen LogP contribution in [0.2, 0.25) is 0 Å². The molecule has 1 aromatic carbocycles. The minimum Gasteiger partial charge on any atom is -0.497 e. The second kappa shape index (κ2) is 13.3. The molecule has 164 valence electrons. The highest BCUT2D eigenvalue weighted by Crippen LogP contribution is 2.28. The van der Waals surface area contributed by atoms with Gasteiger partial charge in [0.05, 0.1) is 13.2 Å². The van der Waals surface area contributed by atoms with Crippen LogP contribution in [0.15, 0.2) is 29.3 Å². The number of aliphatic imine (C=N–C) groups is 1. The molecule has 0 amide bonds. The third-order valence-electron chi connectivity index (χ3n) is 5.58. The molecule has 2 aliphatic rings. The molecule has 0 spiro atoms. The van der Waals surface area contributed by atoms with Gasteiger partial charge in [-0.1, -0.05) is 12.1 Å². The van der Waals surface area contributed by atoms with E-state index >= 15 is 0 Å². The molecule has 7 heteroatoms. The molecule has 2 fully saturated rings. The van der Waals surface area contributed by atoms with Crippen LogP contribution in [0.3, 0.4) is 0 Å². The van der Waals surface area contributed by atoms with E-state index in [-0.39, 0.29) is 24.0 Å². The topological polar surface area (TPSA) is 58.1 Å². The van der Waals surface area contributed by atoms with Crippen molar-refractivity contribution >= 4 is 29.9 Å². The van der Waals surface area contributed by atoms with Crippen molar-refractivity contribution in [3.8, 4) is 5.75 Å². The monoisotopic (exact) mass is 516 g/mol. The zero-order valence-corrected chi connectivity index (χ0v) is 20.2. The standard InChI is InChI=1S/C22H36N4O2.HI/c1-23-22(24-12-5-15-28-17-18-6-7-18)25-16-21(26-13-3-4-14-26)19-8-10-20(27-2)11-9-19;/h8-11,18,21H,3-7,12-17H2,1-2H3,(H2,23,24,25);1H. The normalized spacial score (nSPS) is 18.2. The Kier molecular flexibility index (Phi) is 11.1. The maximum Gasteiger partial charge on any atom is 0.191 e. The van der Waals surface area contributed by atoms with Gasteiger partial charge >= 0.3 is 0 Å². The predicted octanol–water partition coefficient (Wildman–Crippen LogP) is 3.43. The van der Waals surface area contributed by atoms with Gasteiger partial charge in [0.1, 0.15) is 5.75 Å². The average Bonchev–Trinajstić information content (AvgIpc) is 3.41. The predicted molar refractivity (Wildman–Crippen MR) is 129 cm³/mol. The third kappa shape index (κ3) is 8.30. The van der Waals surface area contributed by atoms with E-state index in [9.17, 15) is 0 Å². The van der Waals surface area contributed by atoms with E-state index in [4.69, 9.17) is 9.47 Å². The molecule has 6 nitrogen and oxygen atoms in total. The first-order valence-corrected chi connectivity index (χ1v) is 10.7. The molecule has 1 saturated carbocycles. The number of rotatable bonds is 11. The van der Waals surface area contributed by atoms with Crippen molar-refractivity contribution < 1.29 is 9.47 Å². The Hall–Kier alpha value is -1.06. The number of hydrogen-bond donors (Lipinski definition) is 2. The van der Waals surface area contributed by atoms with Crippen molar-refractivity contribution in [1.82, 2.24) is 15.5 Å². The summed E-state index contributed by atoms with van der Waals surface area (Å²) < 4.78 is 11.0. The quantitative estimate of drug-likeness (QED) is 0.204. The maximum atomic E-state index is 5.70. The van der Waals surface area contributed by atoms with Crippen molar-refractivity contribution in [3.63, 3.8) is 0 Å². The van der Waals surface area contributed by atoms with Gasteiger partial charge in [-0.3, -0.25) is 9.89 Å². The summed E-state index contributed by atoms with van der Waals surface area (Å²) in [5, 5.41) is 6.93. The van der Waals surface area contributed by atoms with E-state index in [2.05, 4.69) is 32.7 Å². The fraction of sp³-hybridized carbons (Fsp3) is 0.682. The summed E-state index contributed by atoms with van der Waals surface area (Å²) in [6, 6.07) is 8.79. The minimum absolute atomic E-state index is 0. The van der Waals surface area contributed by atoms with E-state index in [1.807, 2.05) is 19.2 Å². The average molecular weight is 516 g/mol. The van der Waals surface area contributed by atoms with Crippen molar-refractivity contribution in [2.75, 3.05) is 53.6 Å². The lowest BCUT2D eigenvalue weighted by molar-refractivity contribution is 0.123. The summed E-state index contributed by atoms with van der Waals surface area (Å²) in [5.41, 5.74) is 1.32. The molecule has 1 aromatic rings. The molecular weight excluding hydrogens is 479 g/mol. The van der Waals surface area contributed by atoms with Gasteiger partial charge in [0.15, 0.2) is 5.96 Å². The van der Waals surface area contributed by atoms with Crippen molar-refractivity contribution in [3.05, 3.63) is 29.8 Å². The number of nitrogens with zero attached hydrogens (tertiary/aromatic N) is 2. The van der Waals surface area contributed by atoms with Crippen LogP contribution in [0.25, 0.3) is 0 Å². The summed E-state index contributed by atoms with van der Waals surface area (Å²) in [6.45, 7) is 5.78. The summed E-state index contributed by atoms with van der Waals surface area (Å²) in [7, 11) is 3.54. The highest BCUT2D eigenvalue weighted by Gasteiger charge is 2.24. The molecule has 1 aliphatic heterocycles. The van der Waals surface area contributed by atoms with Gasteiger partial charge in [0.25, 0.3) is 0 Å². The molecule has 0 radical (unpaired) electrons. The first-order valence-electron chi connectivity index (χ1n) is 10.7. The Morgan fingerprint density at radius 2 is 1.90 bits per heavy atom. The Labute approximate surface area is 192 Å². The van der Waals surface area contributed by atoms with Crippen LogP contribution in [-0.2, 0) is 4.74 Å². The number of ether oxygens (including phenoxy) is 2. The van der Waals surface area contributed by atoms with Gasteiger partial charge in [0, 0.05) is 33.4 Å². The fourth-order valence-corrected chi connectivity index (χ4v) is 3.67. The fourth-order valence-electron chi connectivity index (χ4n) is 3.67. The van der Waals surface area contributed by atoms with E-state index in [1.165, 1.54) is 31.2 Å². The first-order chi connectivity index (χ1) is 13.8. The molecule has 1 unspecified atom stereocenters. The maximum absolute atomic E-state index is 5.70. The second-order valence-corrected chi connectivity index (χ2v) is 7.78. The number of halogens is 1. The van der Waals surface area contributed by atoms with Crippen LogP contribution in [0.5, 0.6) is 5.75 Å². The zero-order valence-electron chi connectivity index (χ0n) is 17.9. The number of likely N-dealkylation sites (tertiary alicyclic amines) is 1. The molecule has 1 aliphatic carbocycles. The van der Waals surface area contributed by atoms with Crippen LogP contribution in [0, 0.1) is 5.92 Å². The lowest BCUT2D eigenvalue weighted by Crippen LogP contribution is -2.43. The SMILES string of the molecule is CN=C(NCCCOCC1CC1)NCC(c1ccc(OC)cc1)N1CCCC1.I. The van der Waals surface area contributed by atoms with E-state index in [0.717, 1.165) is 63.4 Å².